The minimum Gasteiger partial charge on any atom is -0.493 e. The number of sulfone groups is 1. The first-order chi connectivity index (χ1) is 8.85. The summed E-state index contributed by atoms with van der Waals surface area (Å²) >= 11 is 3.34. The molecule has 1 N–H and O–H groups in total. The van der Waals surface area contributed by atoms with Gasteiger partial charge in [-0.2, -0.15) is 0 Å². The van der Waals surface area contributed by atoms with Crippen LogP contribution >= 0.6 is 15.9 Å². The van der Waals surface area contributed by atoms with E-state index in [0.29, 0.717) is 24.3 Å². The molecule has 0 aliphatic heterocycles. The average molecular weight is 351 g/mol. The van der Waals surface area contributed by atoms with E-state index < -0.39 is 15.9 Å². The lowest BCUT2D eigenvalue weighted by molar-refractivity contribution is 0.191. The molecule has 0 saturated carbocycles. The van der Waals surface area contributed by atoms with E-state index in [4.69, 9.17) is 4.74 Å². The van der Waals surface area contributed by atoms with Gasteiger partial charge in [-0.1, -0.05) is 28.9 Å². The van der Waals surface area contributed by atoms with Gasteiger partial charge in [-0.05, 0) is 25.5 Å². The molecule has 4 nitrogen and oxygen atoms in total. The van der Waals surface area contributed by atoms with Gasteiger partial charge < -0.3 is 9.84 Å². The van der Waals surface area contributed by atoms with Crippen molar-refractivity contribution in [3.05, 3.63) is 28.2 Å². The number of hydrogen-bond donors (Lipinski definition) is 1. The number of hydrogen-bond acceptors (Lipinski definition) is 4. The van der Waals surface area contributed by atoms with Crippen LogP contribution in [-0.2, 0) is 9.84 Å². The molecule has 0 bridgehead atoms. The largest absolute Gasteiger partial charge is 0.493 e. The van der Waals surface area contributed by atoms with Gasteiger partial charge in [0.2, 0.25) is 0 Å². The second kappa shape index (κ2) is 7.26. The standard InChI is InChI=1S/C13H19BrO4S/c1-3-19(16,17)8-4-7-18-13-9-11(14)5-6-12(13)10(2)15/h5-6,9-10,15H,3-4,7-8H2,1-2H3. The second-order valence-electron chi connectivity index (χ2n) is 4.30. The van der Waals surface area contributed by atoms with Gasteiger partial charge in [-0.15, -0.1) is 0 Å². The molecule has 0 aromatic heterocycles. The third-order valence-corrected chi connectivity index (χ3v) is 5.01. The van der Waals surface area contributed by atoms with Crippen molar-refractivity contribution in [2.75, 3.05) is 18.1 Å². The molecule has 0 heterocycles. The molecule has 1 rings (SSSR count). The maximum Gasteiger partial charge on any atom is 0.150 e. The van der Waals surface area contributed by atoms with Gasteiger partial charge >= 0.3 is 0 Å². The third-order valence-electron chi connectivity index (χ3n) is 2.72. The van der Waals surface area contributed by atoms with Crippen molar-refractivity contribution >= 4 is 25.8 Å². The summed E-state index contributed by atoms with van der Waals surface area (Å²) in [5.41, 5.74) is 0.696. The lowest BCUT2D eigenvalue weighted by Gasteiger charge is -2.13. The maximum atomic E-state index is 11.3. The lowest BCUT2D eigenvalue weighted by Crippen LogP contribution is -2.12. The van der Waals surface area contributed by atoms with Crippen LogP contribution in [0.2, 0.25) is 0 Å². The molecule has 1 aromatic carbocycles. The fourth-order valence-corrected chi connectivity index (χ4v) is 2.77. The first-order valence-electron chi connectivity index (χ1n) is 6.16. The number of rotatable bonds is 7. The Hall–Kier alpha value is -0.590. The van der Waals surface area contributed by atoms with Crippen LogP contribution in [0.15, 0.2) is 22.7 Å². The molecule has 6 heteroatoms. The molecule has 1 aromatic rings. The van der Waals surface area contributed by atoms with E-state index in [2.05, 4.69) is 15.9 Å². The first kappa shape index (κ1) is 16.5. The molecule has 1 atom stereocenters. The van der Waals surface area contributed by atoms with Crippen molar-refractivity contribution in [3.8, 4) is 5.75 Å². The number of ether oxygens (including phenoxy) is 1. The van der Waals surface area contributed by atoms with Crippen LogP contribution in [0.3, 0.4) is 0 Å². The van der Waals surface area contributed by atoms with Crippen LogP contribution in [0.1, 0.15) is 31.9 Å². The van der Waals surface area contributed by atoms with Gasteiger partial charge in [0.1, 0.15) is 15.6 Å². The molecule has 0 fully saturated rings. The summed E-state index contributed by atoms with van der Waals surface area (Å²) in [6.45, 7) is 3.61. The average Bonchev–Trinajstić information content (AvgIpc) is 2.34. The smallest absolute Gasteiger partial charge is 0.150 e. The summed E-state index contributed by atoms with van der Waals surface area (Å²) in [5, 5.41) is 9.63. The molecule has 0 aliphatic rings. The van der Waals surface area contributed by atoms with E-state index in [1.165, 1.54) is 0 Å². The highest BCUT2D eigenvalue weighted by Gasteiger charge is 2.11. The summed E-state index contributed by atoms with van der Waals surface area (Å²) < 4.78 is 29.1. The van der Waals surface area contributed by atoms with Gasteiger partial charge in [0.15, 0.2) is 0 Å². The zero-order valence-corrected chi connectivity index (χ0v) is 13.5. The zero-order chi connectivity index (χ0) is 14.5. The summed E-state index contributed by atoms with van der Waals surface area (Å²) in [6.07, 6.45) is -0.176. The Bertz CT molecular complexity index is 511. The highest BCUT2D eigenvalue weighted by atomic mass is 79.9. The predicted molar refractivity (Wildman–Crippen MR) is 79.2 cm³/mol. The Morgan fingerprint density at radius 2 is 2.11 bits per heavy atom. The Labute approximate surface area is 122 Å². The Morgan fingerprint density at radius 3 is 2.68 bits per heavy atom. The molecule has 0 amide bonds. The molecule has 0 radical (unpaired) electrons. The van der Waals surface area contributed by atoms with Crippen molar-refractivity contribution in [3.63, 3.8) is 0 Å². The van der Waals surface area contributed by atoms with Gasteiger partial charge in [-0.3, -0.25) is 0 Å². The Kier molecular flexibility index (Phi) is 6.29. The fraction of sp³-hybridized carbons (Fsp3) is 0.538. The monoisotopic (exact) mass is 350 g/mol. The number of halogens is 1. The van der Waals surface area contributed by atoms with Crippen molar-refractivity contribution in [1.82, 2.24) is 0 Å². The van der Waals surface area contributed by atoms with E-state index in [-0.39, 0.29) is 11.5 Å². The summed E-state index contributed by atoms with van der Waals surface area (Å²) in [4.78, 5) is 0. The fourth-order valence-electron chi connectivity index (χ4n) is 1.58. The van der Waals surface area contributed by atoms with E-state index in [1.807, 2.05) is 6.07 Å². The topological polar surface area (TPSA) is 63.6 Å². The minimum atomic E-state index is -2.95. The van der Waals surface area contributed by atoms with Gasteiger partial charge in [0.25, 0.3) is 0 Å². The van der Waals surface area contributed by atoms with E-state index >= 15 is 0 Å². The third kappa shape index (κ3) is 5.50. The number of aliphatic hydroxyl groups is 1. The molecule has 19 heavy (non-hydrogen) atoms. The minimum absolute atomic E-state index is 0.127. The number of benzene rings is 1. The van der Waals surface area contributed by atoms with Crippen LogP contribution in [-0.4, -0.2) is 31.6 Å². The summed E-state index contributed by atoms with van der Waals surface area (Å²) in [5.74, 6) is 0.864. The molecule has 0 saturated heterocycles. The molecule has 108 valence electrons. The van der Waals surface area contributed by atoms with Gasteiger partial charge in [0, 0.05) is 15.8 Å². The second-order valence-corrected chi connectivity index (χ2v) is 7.68. The van der Waals surface area contributed by atoms with Crippen molar-refractivity contribution in [1.29, 1.82) is 0 Å². The predicted octanol–water partition coefficient (Wildman–Crippen LogP) is 2.71. The van der Waals surface area contributed by atoms with E-state index in [1.54, 1.807) is 26.0 Å². The quantitative estimate of drug-likeness (QED) is 0.768. The molecule has 0 spiro atoms. The first-order valence-corrected chi connectivity index (χ1v) is 8.78. The highest BCUT2D eigenvalue weighted by molar-refractivity contribution is 9.10. The van der Waals surface area contributed by atoms with Crippen molar-refractivity contribution < 1.29 is 18.3 Å². The molecule has 0 aliphatic carbocycles. The van der Waals surface area contributed by atoms with Gasteiger partial charge in [-0.25, -0.2) is 8.42 Å². The van der Waals surface area contributed by atoms with E-state index in [9.17, 15) is 13.5 Å². The molecular weight excluding hydrogens is 332 g/mol. The summed E-state index contributed by atoms with van der Waals surface area (Å²) in [6, 6.07) is 5.39. The van der Waals surface area contributed by atoms with Crippen LogP contribution in [0, 0.1) is 0 Å². The summed E-state index contributed by atoms with van der Waals surface area (Å²) in [7, 11) is -2.95. The van der Waals surface area contributed by atoms with Crippen molar-refractivity contribution in [2.24, 2.45) is 0 Å². The van der Waals surface area contributed by atoms with Crippen molar-refractivity contribution in [2.45, 2.75) is 26.4 Å². The zero-order valence-electron chi connectivity index (χ0n) is 11.1. The highest BCUT2D eigenvalue weighted by Crippen LogP contribution is 2.28. The van der Waals surface area contributed by atoms with Crippen LogP contribution in [0.5, 0.6) is 5.75 Å². The SMILES string of the molecule is CCS(=O)(=O)CCCOc1cc(Br)ccc1C(C)O. The van der Waals surface area contributed by atoms with Crippen LogP contribution in [0.25, 0.3) is 0 Å². The van der Waals surface area contributed by atoms with Crippen LogP contribution in [0.4, 0.5) is 0 Å². The van der Waals surface area contributed by atoms with E-state index in [0.717, 1.165) is 4.47 Å². The Morgan fingerprint density at radius 1 is 1.42 bits per heavy atom. The molecule has 1 unspecified atom stereocenters. The molecular formula is C13H19BrO4S. The maximum absolute atomic E-state index is 11.3. The lowest BCUT2D eigenvalue weighted by atomic mass is 10.1. The van der Waals surface area contributed by atoms with Gasteiger partial charge in [0.05, 0.1) is 18.5 Å². The normalized spacial score (nSPS) is 13.3. The van der Waals surface area contributed by atoms with Crippen LogP contribution < -0.4 is 4.74 Å². The Balaban J connectivity index is 2.60. The number of aliphatic hydroxyl groups excluding tert-OH is 1.